The number of carbonyl (C=O) groups excluding carboxylic acids is 1. The molecule has 1 saturated carbocycles. The summed E-state index contributed by atoms with van der Waals surface area (Å²) < 4.78 is 0. The minimum atomic E-state index is -0.710. The van der Waals surface area contributed by atoms with Crippen molar-refractivity contribution in [2.45, 2.75) is 39.5 Å². The number of carboxylic acid groups (broad SMARTS) is 1. The molecule has 0 aliphatic heterocycles. The largest absolute Gasteiger partial charge is 0.481 e. The van der Waals surface area contributed by atoms with Gasteiger partial charge in [0, 0.05) is 12.8 Å². The molecule has 2 unspecified atom stereocenters. The molecule has 3 heteroatoms. The zero-order valence-electron chi connectivity index (χ0n) is 8.82. The van der Waals surface area contributed by atoms with Crippen LogP contribution < -0.4 is 0 Å². The lowest BCUT2D eigenvalue weighted by molar-refractivity contribution is -0.144. The van der Waals surface area contributed by atoms with Gasteiger partial charge in [-0.1, -0.05) is 13.8 Å². The van der Waals surface area contributed by atoms with Gasteiger partial charge >= 0.3 is 5.97 Å². The van der Waals surface area contributed by atoms with Gasteiger partial charge in [-0.25, -0.2) is 0 Å². The van der Waals surface area contributed by atoms with E-state index in [2.05, 4.69) is 0 Å². The van der Waals surface area contributed by atoms with Crippen molar-refractivity contribution in [1.82, 2.24) is 0 Å². The number of hydrogen-bond acceptors (Lipinski definition) is 2. The fourth-order valence-corrected chi connectivity index (χ4v) is 2.30. The zero-order chi connectivity index (χ0) is 10.7. The summed E-state index contributed by atoms with van der Waals surface area (Å²) in [6.45, 7) is 3.92. The Balaban J connectivity index is 2.64. The Morgan fingerprint density at radius 3 is 2.00 bits per heavy atom. The smallest absolute Gasteiger partial charge is 0.306 e. The molecular weight excluding hydrogens is 180 g/mol. The van der Waals surface area contributed by atoms with Crippen molar-refractivity contribution in [3.05, 3.63) is 0 Å². The highest BCUT2D eigenvalue weighted by atomic mass is 16.4. The molecule has 0 bridgehead atoms. The molecule has 2 atom stereocenters. The van der Waals surface area contributed by atoms with Gasteiger partial charge in [0.1, 0.15) is 5.78 Å². The highest BCUT2D eigenvalue weighted by Crippen LogP contribution is 2.28. The normalized spacial score (nSPS) is 34.7. The van der Waals surface area contributed by atoms with E-state index in [1.807, 2.05) is 13.8 Å². The first-order valence-electron chi connectivity index (χ1n) is 5.23. The molecule has 0 aromatic heterocycles. The molecule has 0 aromatic rings. The summed E-state index contributed by atoms with van der Waals surface area (Å²) in [4.78, 5) is 22.3. The third kappa shape index (κ3) is 3.13. The van der Waals surface area contributed by atoms with Crippen molar-refractivity contribution in [2.75, 3.05) is 0 Å². The lowest BCUT2D eigenvalue weighted by atomic mass is 9.80. The standard InChI is InChI=1S/C11H18O3/c1-7-3-9(11(13)14)4-8(2)6-10(12)5-7/h7-9H,3-6H2,1-2H3,(H,13,14). The third-order valence-electron chi connectivity index (χ3n) is 2.88. The van der Waals surface area contributed by atoms with Crippen LogP contribution in [0, 0.1) is 17.8 Å². The van der Waals surface area contributed by atoms with E-state index in [9.17, 15) is 9.59 Å². The Morgan fingerprint density at radius 2 is 1.64 bits per heavy atom. The van der Waals surface area contributed by atoms with E-state index < -0.39 is 5.97 Å². The van der Waals surface area contributed by atoms with Crippen LogP contribution in [0.15, 0.2) is 0 Å². The molecule has 1 rings (SSSR count). The van der Waals surface area contributed by atoms with Crippen LogP contribution in [-0.2, 0) is 9.59 Å². The van der Waals surface area contributed by atoms with E-state index in [1.54, 1.807) is 0 Å². The molecule has 0 spiro atoms. The molecule has 3 nitrogen and oxygen atoms in total. The van der Waals surface area contributed by atoms with Crippen LogP contribution in [0.25, 0.3) is 0 Å². The molecule has 80 valence electrons. The number of hydrogen-bond donors (Lipinski definition) is 1. The van der Waals surface area contributed by atoms with Crippen LogP contribution in [-0.4, -0.2) is 16.9 Å². The fraction of sp³-hybridized carbons (Fsp3) is 0.818. The summed E-state index contributed by atoms with van der Waals surface area (Å²) in [5.74, 6) is -0.243. The summed E-state index contributed by atoms with van der Waals surface area (Å²) in [6, 6.07) is 0. The first-order chi connectivity index (χ1) is 6.49. The predicted molar refractivity (Wildman–Crippen MR) is 52.9 cm³/mol. The minimum absolute atomic E-state index is 0.219. The van der Waals surface area contributed by atoms with E-state index in [1.165, 1.54) is 0 Å². The molecule has 1 fully saturated rings. The van der Waals surface area contributed by atoms with Gasteiger partial charge in [0.15, 0.2) is 0 Å². The summed E-state index contributed by atoms with van der Waals surface area (Å²) in [7, 11) is 0. The Labute approximate surface area is 84.5 Å². The van der Waals surface area contributed by atoms with Crippen molar-refractivity contribution < 1.29 is 14.7 Å². The molecule has 1 aliphatic rings. The minimum Gasteiger partial charge on any atom is -0.481 e. The van der Waals surface area contributed by atoms with Crippen molar-refractivity contribution in [3.63, 3.8) is 0 Å². The summed E-state index contributed by atoms with van der Waals surface area (Å²) in [5, 5.41) is 8.97. The Kier molecular flexibility index (Phi) is 3.67. The van der Waals surface area contributed by atoms with E-state index in [4.69, 9.17) is 5.11 Å². The van der Waals surface area contributed by atoms with Crippen molar-refractivity contribution >= 4 is 11.8 Å². The van der Waals surface area contributed by atoms with Crippen molar-refractivity contribution in [2.24, 2.45) is 17.8 Å². The SMILES string of the molecule is CC1CC(=O)CC(C)CC(C(=O)O)C1. The second kappa shape index (κ2) is 4.58. The lowest BCUT2D eigenvalue weighted by Gasteiger charge is -2.24. The van der Waals surface area contributed by atoms with Crippen molar-refractivity contribution in [3.8, 4) is 0 Å². The van der Waals surface area contributed by atoms with Crippen molar-refractivity contribution in [1.29, 1.82) is 0 Å². The second-order valence-corrected chi connectivity index (χ2v) is 4.66. The van der Waals surface area contributed by atoms with Gasteiger partial charge in [-0.3, -0.25) is 9.59 Å². The topological polar surface area (TPSA) is 54.4 Å². The number of Topliss-reactive ketones (excluding diaryl/α,β-unsaturated/α-hetero) is 1. The van der Waals surface area contributed by atoms with Crippen LogP contribution in [0.2, 0.25) is 0 Å². The van der Waals surface area contributed by atoms with Gasteiger partial charge in [-0.2, -0.15) is 0 Å². The Morgan fingerprint density at radius 1 is 1.21 bits per heavy atom. The number of ketones is 1. The molecular formula is C11H18O3. The summed E-state index contributed by atoms with van der Waals surface area (Å²) in [5.41, 5.74) is 0. The number of rotatable bonds is 1. The van der Waals surface area contributed by atoms with Crippen LogP contribution in [0.1, 0.15) is 39.5 Å². The molecule has 0 heterocycles. The number of carbonyl (C=O) groups is 2. The maximum atomic E-state index is 11.4. The zero-order valence-corrected chi connectivity index (χ0v) is 8.82. The maximum Gasteiger partial charge on any atom is 0.306 e. The van der Waals surface area contributed by atoms with E-state index in [-0.39, 0.29) is 23.5 Å². The molecule has 0 radical (unpaired) electrons. The third-order valence-corrected chi connectivity index (χ3v) is 2.88. The van der Waals surface area contributed by atoms with Crippen LogP contribution >= 0.6 is 0 Å². The van der Waals surface area contributed by atoms with E-state index >= 15 is 0 Å². The lowest BCUT2D eigenvalue weighted by Crippen LogP contribution is -2.24. The van der Waals surface area contributed by atoms with E-state index in [0.717, 1.165) is 0 Å². The number of carboxylic acids is 1. The monoisotopic (exact) mass is 198 g/mol. The summed E-state index contributed by atoms with van der Waals surface area (Å²) >= 11 is 0. The Bertz CT molecular complexity index is 219. The predicted octanol–water partition coefficient (Wildman–Crippen LogP) is 2.10. The second-order valence-electron chi connectivity index (χ2n) is 4.66. The molecule has 1 N–H and O–H groups in total. The Hall–Kier alpha value is -0.860. The molecule has 0 saturated heterocycles. The van der Waals surface area contributed by atoms with Gasteiger partial charge < -0.3 is 5.11 Å². The quantitative estimate of drug-likeness (QED) is 0.702. The maximum absolute atomic E-state index is 11.4. The first kappa shape index (κ1) is 11.2. The van der Waals surface area contributed by atoms with Gasteiger partial charge in [0.25, 0.3) is 0 Å². The van der Waals surface area contributed by atoms with Gasteiger partial charge in [-0.15, -0.1) is 0 Å². The van der Waals surface area contributed by atoms with Crippen LogP contribution in [0.4, 0.5) is 0 Å². The molecule has 0 aromatic carbocycles. The summed E-state index contributed by atoms with van der Waals surface area (Å²) in [6.07, 6.45) is 2.39. The molecule has 14 heavy (non-hydrogen) atoms. The average Bonchev–Trinajstić information content (AvgIpc) is 1.99. The molecule has 0 amide bonds. The van der Waals surface area contributed by atoms with Gasteiger partial charge in [0.2, 0.25) is 0 Å². The highest BCUT2D eigenvalue weighted by Gasteiger charge is 2.27. The van der Waals surface area contributed by atoms with Crippen LogP contribution in [0.5, 0.6) is 0 Å². The average molecular weight is 198 g/mol. The van der Waals surface area contributed by atoms with Gasteiger partial charge in [0.05, 0.1) is 5.92 Å². The highest BCUT2D eigenvalue weighted by molar-refractivity contribution is 5.79. The fourth-order valence-electron chi connectivity index (χ4n) is 2.30. The number of aliphatic carboxylic acids is 1. The van der Waals surface area contributed by atoms with E-state index in [0.29, 0.717) is 25.7 Å². The first-order valence-corrected chi connectivity index (χ1v) is 5.23. The van der Waals surface area contributed by atoms with Crippen LogP contribution in [0.3, 0.4) is 0 Å². The van der Waals surface area contributed by atoms with Gasteiger partial charge in [-0.05, 0) is 24.7 Å². The molecule has 1 aliphatic carbocycles.